The molecule has 0 atom stereocenters. The molecule has 0 amide bonds. The highest BCUT2D eigenvalue weighted by molar-refractivity contribution is 5.98. The summed E-state index contributed by atoms with van der Waals surface area (Å²) in [6, 6.07) is 10.1. The van der Waals surface area contributed by atoms with Gasteiger partial charge in [0.25, 0.3) is 0 Å². The first-order valence-corrected chi connectivity index (χ1v) is 5.19. The quantitative estimate of drug-likeness (QED) is 0.660. The average molecular weight is 242 g/mol. The van der Waals surface area contributed by atoms with E-state index in [0.717, 1.165) is 0 Å². The molecule has 1 aromatic carbocycles. The minimum atomic E-state index is -0.993. The Hall–Kier alpha value is -2.69. The van der Waals surface area contributed by atoms with Crippen molar-refractivity contribution in [3.8, 4) is 0 Å². The molecule has 0 aliphatic carbocycles. The zero-order valence-electron chi connectivity index (χ0n) is 9.35. The maximum atomic E-state index is 10.9. The van der Waals surface area contributed by atoms with Crippen LogP contribution in [0.2, 0.25) is 0 Å². The third kappa shape index (κ3) is 2.91. The van der Waals surface area contributed by atoms with Crippen molar-refractivity contribution in [2.24, 2.45) is 10.2 Å². The van der Waals surface area contributed by atoms with Crippen LogP contribution in [-0.4, -0.2) is 23.5 Å². The van der Waals surface area contributed by atoms with Gasteiger partial charge in [0.05, 0.1) is 24.3 Å². The Labute approximate surface area is 103 Å². The van der Waals surface area contributed by atoms with E-state index >= 15 is 0 Å². The number of hydrogen-bond acceptors (Lipinski definition) is 4. The summed E-state index contributed by atoms with van der Waals surface area (Å²) in [5, 5.41) is 16.5. The zero-order chi connectivity index (χ0) is 12.8. The summed E-state index contributed by atoms with van der Waals surface area (Å²) in [4.78, 5) is 10.9. The molecule has 0 fully saturated rings. The van der Waals surface area contributed by atoms with E-state index in [2.05, 4.69) is 10.2 Å². The Morgan fingerprint density at radius 1 is 1.11 bits per heavy atom. The van der Waals surface area contributed by atoms with Crippen molar-refractivity contribution in [3.63, 3.8) is 0 Å². The van der Waals surface area contributed by atoms with E-state index in [0.29, 0.717) is 11.3 Å². The predicted octanol–water partition coefficient (Wildman–Crippen LogP) is 2.43. The summed E-state index contributed by atoms with van der Waals surface area (Å²) in [6.45, 7) is 0. The van der Waals surface area contributed by atoms with Crippen molar-refractivity contribution in [3.05, 3.63) is 59.5 Å². The van der Waals surface area contributed by atoms with Crippen LogP contribution in [0, 0.1) is 0 Å². The lowest BCUT2D eigenvalue weighted by Crippen LogP contribution is -2.00. The molecule has 0 saturated heterocycles. The third-order valence-electron chi connectivity index (χ3n) is 2.18. The molecule has 5 heteroatoms. The predicted molar refractivity (Wildman–Crippen MR) is 67.3 cm³/mol. The summed E-state index contributed by atoms with van der Waals surface area (Å²) in [5.41, 5.74) is 0.691. The normalized spacial score (nSPS) is 11.3. The molecule has 0 aliphatic rings. The molecule has 0 aliphatic heterocycles. The number of carbonyl (C=O) groups is 1. The van der Waals surface area contributed by atoms with Gasteiger partial charge in [-0.15, -0.1) is 0 Å². The van der Waals surface area contributed by atoms with Gasteiger partial charge < -0.3 is 9.52 Å². The molecule has 2 rings (SSSR count). The minimum Gasteiger partial charge on any atom is -0.478 e. The highest BCUT2D eigenvalue weighted by Gasteiger charge is 2.06. The van der Waals surface area contributed by atoms with Crippen molar-refractivity contribution in [2.45, 2.75) is 0 Å². The van der Waals surface area contributed by atoms with Gasteiger partial charge in [-0.2, -0.15) is 10.2 Å². The molecule has 0 radical (unpaired) electrons. The molecule has 1 N–H and O–H groups in total. The standard InChI is InChI=1S/C13H10N2O3/c16-13(17)12-6-2-1-4-10(12)8-14-15-9-11-5-3-7-18-11/h1-9H,(H,16,17)/b14-8-,15-9-. The van der Waals surface area contributed by atoms with Crippen molar-refractivity contribution in [1.29, 1.82) is 0 Å². The largest absolute Gasteiger partial charge is 0.478 e. The minimum absolute atomic E-state index is 0.189. The summed E-state index contributed by atoms with van der Waals surface area (Å²) >= 11 is 0. The lowest BCUT2D eigenvalue weighted by atomic mass is 10.1. The number of furan rings is 1. The highest BCUT2D eigenvalue weighted by Crippen LogP contribution is 2.06. The Morgan fingerprint density at radius 3 is 2.61 bits per heavy atom. The lowest BCUT2D eigenvalue weighted by molar-refractivity contribution is 0.0697. The Kier molecular flexibility index (Phi) is 3.66. The molecule has 5 nitrogen and oxygen atoms in total. The highest BCUT2D eigenvalue weighted by atomic mass is 16.4. The number of hydrogen-bond donors (Lipinski definition) is 1. The Balaban J connectivity index is 2.12. The second-order valence-corrected chi connectivity index (χ2v) is 3.40. The van der Waals surface area contributed by atoms with E-state index in [9.17, 15) is 4.79 Å². The van der Waals surface area contributed by atoms with Crippen LogP contribution in [0.4, 0.5) is 0 Å². The molecular formula is C13H10N2O3. The van der Waals surface area contributed by atoms with E-state index in [1.165, 1.54) is 24.8 Å². The van der Waals surface area contributed by atoms with Crippen LogP contribution in [0.15, 0.2) is 57.3 Å². The van der Waals surface area contributed by atoms with E-state index in [1.807, 2.05) is 0 Å². The number of carboxylic acids is 1. The van der Waals surface area contributed by atoms with Crippen molar-refractivity contribution in [1.82, 2.24) is 0 Å². The first-order valence-electron chi connectivity index (χ1n) is 5.19. The lowest BCUT2D eigenvalue weighted by Gasteiger charge is -1.97. The molecule has 0 bridgehead atoms. The van der Waals surface area contributed by atoms with E-state index in [-0.39, 0.29) is 5.56 Å². The SMILES string of the molecule is O=C(O)c1ccccc1/C=N\N=C/c1ccco1. The van der Waals surface area contributed by atoms with Crippen LogP contribution < -0.4 is 0 Å². The fourth-order valence-electron chi connectivity index (χ4n) is 1.35. The van der Waals surface area contributed by atoms with Crippen molar-refractivity contribution >= 4 is 18.4 Å². The Bertz CT molecular complexity index is 586. The van der Waals surface area contributed by atoms with Gasteiger partial charge >= 0.3 is 5.97 Å². The van der Waals surface area contributed by atoms with Crippen molar-refractivity contribution < 1.29 is 14.3 Å². The van der Waals surface area contributed by atoms with Gasteiger partial charge in [-0.05, 0) is 18.2 Å². The molecule has 2 aromatic rings. The van der Waals surface area contributed by atoms with E-state index in [4.69, 9.17) is 9.52 Å². The number of carboxylic acid groups (broad SMARTS) is 1. The first-order chi connectivity index (χ1) is 8.77. The fraction of sp³-hybridized carbons (Fsp3) is 0. The summed E-state index contributed by atoms with van der Waals surface area (Å²) in [5.74, 6) is -0.411. The van der Waals surface area contributed by atoms with Gasteiger partial charge in [-0.25, -0.2) is 4.79 Å². The monoisotopic (exact) mass is 242 g/mol. The van der Waals surface area contributed by atoms with Gasteiger partial charge in [0, 0.05) is 5.56 Å². The maximum Gasteiger partial charge on any atom is 0.336 e. The number of nitrogens with zero attached hydrogens (tertiary/aromatic N) is 2. The Morgan fingerprint density at radius 2 is 1.89 bits per heavy atom. The zero-order valence-corrected chi connectivity index (χ0v) is 9.35. The number of benzene rings is 1. The molecule has 0 spiro atoms. The average Bonchev–Trinajstić information content (AvgIpc) is 2.88. The molecule has 1 heterocycles. The number of aromatic carboxylic acids is 1. The topological polar surface area (TPSA) is 75.2 Å². The van der Waals surface area contributed by atoms with Crippen LogP contribution in [-0.2, 0) is 0 Å². The molecule has 0 unspecified atom stereocenters. The maximum absolute atomic E-state index is 10.9. The van der Waals surface area contributed by atoms with Crippen LogP contribution in [0.1, 0.15) is 21.7 Å². The second kappa shape index (κ2) is 5.58. The van der Waals surface area contributed by atoms with Crippen LogP contribution in [0.3, 0.4) is 0 Å². The summed E-state index contributed by atoms with van der Waals surface area (Å²) < 4.78 is 5.03. The van der Waals surface area contributed by atoms with Gasteiger partial charge in [0.2, 0.25) is 0 Å². The van der Waals surface area contributed by atoms with Crippen LogP contribution in [0.25, 0.3) is 0 Å². The fourth-order valence-corrected chi connectivity index (χ4v) is 1.35. The van der Waals surface area contributed by atoms with E-state index in [1.54, 1.807) is 30.3 Å². The van der Waals surface area contributed by atoms with Crippen LogP contribution in [0.5, 0.6) is 0 Å². The smallest absolute Gasteiger partial charge is 0.336 e. The van der Waals surface area contributed by atoms with Gasteiger partial charge in [-0.1, -0.05) is 18.2 Å². The summed E-state index contributed by atoms with van der Waals surface area (Å²) in [7, 11) is 0. The molecule has 90 valence electrons. The molecule has 1 aromatic heterocycles. The molecule has 18 heavy (non-hydrogen) atoms. The second-order valence-electron chi connectivity index (χ2n) is 3.40. The van der Waals surface area contributed by atoms with Gasteiger partial charge in [0.1, 0.15) is 5.76 Å². The van der Waals surface area contributed by atoms with Gasteiger partial charge in [0.15, 0.2) is 0 Å². The molecular weight excluding hydrogens is 232 g/mol. The molecule has 0 saturated carbocycles. The van der Waals surface area contributed by atoms with Gasteiger partial charge in [-0.3, -0.25) is 0 Å². The van der Waals surface area contributed by atoms with Crippen molar-refractivity contribution in [2.75, 3.05) is 0 Å². The number of rotatable bonds is 4. The summed E-state index contributed by atoms with van der Waals surface area (Å²) in [6.07, 6.45) is 4.37. The first kappa shape index (κ1) is 11.8. The third-order valence-corrected chi connectivity index (χ3v) is 2.18. The van der Waals surface area contributed by atoms with E-state index < -0.39 is 5.97 Å². The van der Waals surface area contributed by atoms with Crippen LogP contribution >= 0.6 is 0 Å².